The second kappa shape index (κ2) is 9.34. The molecule has 0 radical (unpaired) electrons. The average Bonchev–Trinajstić information content (AvgIpc) is 3.29. The Morgan fingerprint density at radius 1 is 1.21 bits per heavy atom. The van der Waals surface area contributed by atoms with E-state index in [0.717, 1.165) is 24.1 Å². The molecule has 0 N–H and O–H groups in total. The molecule has 1 saturated heterocycles. The van der Waals surface area contributed by atoms with Gasteiger partial charge in [0.15, 0.2) is 17.5 Å². The third kappa shape index (κ3) is 4.30. The van der Waals surface area contributed by atoms with Crippen LogP contribution in [0.15, 0.2) is 30.3 Å². The van der Waals surface area contributed by atoms with Crippen molar-refractivity contribution in [3.05, 3.63) is 53.1 Å². The highest BCUT2D eigenvalue weighted by Crippen LogP contribution is 2.34. The van der Waals surface area contributed by atoms with Crippen molar-refractivity contribution >= 4 is 22.8 Å². The van der Waals surface area contributed by atoms with Gasteiger partial charge in [-0.2, -0.15) is 5.26 Å². The Morgan fingerprint density at radius 2 is 1.88 bits per heavy atom. The summed E-state index contributed by atoms with van der Waals surface area (Å²) in [5.74, 6) is -1.44. The third-order valence-electron chi connectivity index (χ3n) is 6.34. The molecule has 0 unspecified atom stereocenters. The van der Waals surface area contributed by atoms with Gasteiger partial charge in [-0.3, -0.25) is 4.79 Å². The van der Waals surface area contributed by atoms with Gasteiger partial charge < -0.3 is 9.80 Å². The quantitative estimate of drug-likeness (QED) is 0.542. The summed E-state index contributed by atoms with van der Waals surface area (Å²) in [5.41, 5.74) is 2.99. The summed E-state index contributed by atoms with van der Waals surface area (Å²) in [6.07, 6.45) is 0.764. The van der Waals surface area contributed by atoms with Gasteiger partial charge >= 0.3 is 0 Å². The molecule has 0 bridgehead atoms. The van der Waals surface area contributed by atoms with Crippen molar-refractivity contribution in [1.29, 1.82) is 5.26 Å². The maximum atomic E-state index is 14.0. The minimum Gasteiger partial charge on any atom is -0.353 e. The number of hydrogen-bond donors (Lipinski definition) is 0. The summed E-state index contributed by atoms with van der Waals surface area (Å²) in [7, 11) is 0. The van der Waals surface area contributed by atoms with Gasteiger partial charge in [0.05, 0.1) is 28.7 Å². The lowest BCUT2D eigenvalue weighted by molar-refractivity contribution is -0.136. The Morgan fingerprint density at radius 3 is 2.50 bits per heavy atom. The lowest BCUT2D eigenvalue weighted by Gasteiger charge is -2.30. The number of aromatic nitrogens is 2. The van der Waals surface area contributed by atoms with Crippen molar-refractivity contribution in [2.75, 3.05) is 24.5 Å². The second-order valence-electron chi connectivity index (χ2n) is 8.96. The molecule has 0 spiro atoms. The van der Waals surface area contributed by atoms with E-state index in [1.807, 2.05) is 49.6 Å². The smallest absolute Gasteiger partial charge is 0.225 e. The number of fused-ring (bicyclic) bond motifs is 1. The minimum absolute atomic E-state index is 0.0166. The van der Waals surface area contributed by atoms with Crippen LogP contribution in [0.4, 0.5) is 14.6 Å². The molecule has 1 atom stereocenters. The molecule has 2 aromatic carbocycles. The van der Waals surface area contributed by atoms with Crippen molar-refractivity contribution in [3.8, 4) is 17.3 Å². The molecule has 34 heavy (non-hydrogen) atoms. The van der Waals surface area contributed by atoms with E-state index in [2.05, 4.69) is 16.0 Å². The predicted octanol–water partition coefficient (Wildman–Crippen LogP) is 4.84. The van der Waals surface area contributed by atoms with Gasteiger partial charge in [-0.1, -0.05) is 26.0 Å². The monoisotopic (exact) mass is 463 g/mol. The minimum atomic E-state index is -0.992. The number of carbonyl (C=O) groups is 1. The second-order valence-corrected chi connectivity index (χ2v) is 8.96. The van der Waals surface area contributed by atoms with E-state index >= 15 is 0 Å². The molecule has 8 heteroatoms. The van der Waals surface area contributed by atoms with Crippen LogP contribution >= 0.6 is 0 Å². The highest BCUT2D eigenvalue weighted by molar-refractivity contribution is 5.84. The van der Waals surface area contributed by atoms with E-state index < -0.39 is 11.6 Å². The number of likely N-dealkylation sites (N-methyl/N-ethyl adjacent to an activating group) is 1. The summed E-state index contributed by atoms with van der Waals surface area (Å²) in [4.78, 5) is 26.0. The topological polar surface area (TPSA) is 73.1 Å². The van der Waals surface area contributed by atoms with E-state index in [-0.39, 0.29) is 28.9 Å². The van der Waals surface area contributed by atoms with Crippen LogP contribution in [0.25, 0.3) is 22.3 Å². The number of hydrogen-bond acceptors (Lipinski definition) is 5. The van der Waals surface area contributed by atoms with Crippen LogP contribution in [-0.2, 0) is 4.79 Å². The molecular weight excluding hydrogens is 436 g/mol. The van der Waals surface area contributed by atoms with Gasteiger partial charge in [-0.25, -0.2) is 18.7 Å². The highest BCUT2D eigenvalue weighted by Gasteiger charge is 2.33. The Labute approximate surface area is 197 Å². The zero-order chi connectivity index (χ0) is 24.6. The number of amides is 1. The maximum absolute atomic E-state index is 14.0. The van der Waals surface area contributed by atoms with Crippen LogP contribution in [-0.4, -0.2) is 46.5 Å². The van der Waals surface area contributed by atoms with Gasteiger partial charge in [-0.15, -0.1) is 0 Å². The maximum Gasteiger partial charge on any atom is 0.225 e. The number of benzene rings is 2. The van der Waals surface area contributed by atoms with Crippen LogP contribution in [0.5, 0.6) is 0 Å². The lowest BCUT2D eigenvalue weighted by atomic mass is 10.0. The van der Waals surface area contributed by atoms with Crippen LogP contribution in [0.2, 0.25) is 0 Å². The van der Waals surface area contributed by atoms with Crippen molar-refractivity contribution in [2.24, 2.45) is 5.92 Å². The van der Waals surface area contributed by atoms with Crippen LogP contribution < -0.4 is 4.90 Å². The fourth-order valence-corrected chi connectivity index (χ4v) is 4.46. The van der Waals surface area contributed by atoms with E-state index in [0.29, 0.717) is 42.3 Å². The fraction of sp³-hybridized carbons (Fsp3) is 0.385. The molecule has 3 aromatic rings. The Balaban J connectivity index is 1.81. The average molecular weight is 464 g/mol. The molecule has 0 aliphatic carbocycles. The zero-order valence-corrected chi connectivity index (χ0v) is 19.8. The van der Waals surface area contributed by atoms with E-state index in [4.69, 9.17) is 0 Å². The standard InChI is InChI=1S/C26H27F2N5O/c1-5-33(26(34)15(2)3)19-8-9-32(14-19)25-24(17-7-6-16(4)18(10-17)13-29)30-22-11-20(27)21(28)12-23(22)31-25/h6-7,10-12,15,19H,5,8-9,14H2,1-4H3/t19-/m0/s1. The normalized spacial score (nSPS) is 15.7. The Hall–Kier alpha value is -3.60. The zero-order valence-electron chi connectivity index (χ0n) is 19.8. The van der Waals surface area contributed by atoms with Crippen LogP contribution in [0.1, 0.15) is 38.3 Å². The van der Waals surface area contributed by atoms with Crippen molar-refractivity contribution in [2.45, 2.75) is 40.2 Å². The summed E-state index contributed by atoms with van der Waals surface area (Å²) in [5, 5.41) is 9.50. The first-order valence-electron chi connectivity index (χ1n) is 11.5. The van der Waals surface area contributed by atoms with Gasteiger partial charge in [-0.05, 0) is 31.9 Å². The number of anilines is 1. The molecule has 1 amide bonds. The highest BCUT2D eigenvalue weighted by atomic mass is 19.2. The van der Waals surface area contributed by atoms with Crippen molar-refractivity contribution < 1.29 is 13.6 Å². The first kappa shape index (κ1) is 23.6. The number of rotatable bonds is 5. The molecule has 1 aliphatic rings. The first-order chi connectivity index (χ1) is 16.2. The Bertz CT molecular complexity index is 1300. The van der Waals surface area contributed by atoms with E-state index in [9.17, 15) is 18.8 Å². The summed E-state index contributed by atoms with van der Waals surface area (Å²) in [6, 6.07) is 9.72. The molecule has 176 valence electrons. The van der Waals surface area contributed by atoms with Gasteiger partial charge in [0, 0.05) is 43.2 Å². The Kier molecular flexibility index (Phi) is 6.47. The van der Waals surface area contributed by atoms with Gasteiger partial charge in [0.2, 0.25) is 5.91 Å². The molecular formula is C26H27F2N5O. The molecule has 6 nitrogen and oxygen atoms in total. The SMILES string of the molecule is CCN(C(=O)C(C)C)[C@H]1CCN(c2nc3cc(F)c(F)cc3nc2-c2ccc(C)c(C#N)c2)C1. The van der Waals surface area contributed by atoms with Crippen LogP contribution in [0.3, 0.4) is 0 Å². The van der Waals surface area contributed by atoms with Gasteiger partial charge in [0.25, 0.3) is 0 Å². The number of nitriles is 1. The largest absolute Gasteiger partial charge is 0.353 e. The van der Waals surface area contributed by atoms with Crippen molar-refractivity contribution in [3.63, 3.8) is 0 Å². The number of nitrogens with zero attached hydrogens (tertiary/aromatic N) is 5. The van der Waals surface area contributed by atoms with Gasteiger partial charge in [0.1, 0.15) is 5.69 Å². The number of halogens is 2. The lowest BCUT2D eigenvalue weighted by Crippen LogP contribution is -2.43. The summed E-state index contributed by atoms with van der Waals surface area (Å²) in [6.45, 7) is 9.41. The molecule has 2 heterocycles. The molecule has 1 aromatic heterocycles. The predicted molar refractivity (Wildman–Crippen MR) is 127 cm³/mol. The first-order valence-corrected chi connectivity index (χ1v) is 11.5. The number of aryl methyl sites for hydroxylation is 1. The van der Waals surface area contributed by atoms with Crippen molar-refractivity contribution in [1.82, 2.24) is 14.9 Å². The van der Waals surface area contributed by atoms with E-state index in [1.165, 1.54) is 0 Å². The number of carbonyl (C=O) groups excluding carboxylic acids is 1. The molecule has 1 aliphatic heterocycles. The fourth-order valence-electron chi connectivity index (χ4n) is 4.46. The third-order valence-corrected chi connectivity index (χ3v) is 6.34. The van der Waals surface area contributed by atoms with E-state index in [1.54, 1.807) is 6.07 Å². The summed E-state index contributed by atoms with van der Waals surface area (Å²) < 4.78 is 27.9. The molecule has 0 saturated carbocycles. The molecule has 1 fully saturated rings. The van der Waals surface area contributed by atoms with Crippen LogP contribution in [0, 0.1) is 35.8 Å². The molecule has 4 rings (SSSR count). The summed E-state index contributed by atoms with van der Waals surface area (Å²) >= 11 is 0.